The molecule has 3 heterocycles. The van der Waals surface area contributed by atoms with Gasteiger partial charge in [0, 0.05) is 53.6 Å². The largest absolute Gasteiger partial charge is 0.444 e. The van der Waals surface area contributed by atoms with Crippen molar-refractivity contribution in [1.82, 2.24) is 30.0 Å². The first-order valence-corrected chi connectivity index (χ1v) is 14.4. The predicted octanol–water partition coefficient (Wildman–Crippen LogP) is 6.88. The van der Waals surface area contributed by atoms with E-state index in [4.69, 9.17) is 9.84 Å². The van der Waals surface area contributed by atoms with Crippen LogP contribution < -0.4 is 5.32 Å². The molecular formula is C34H36N6O2. The molecule has 3 aromatic heterocycles. The second kappa shape index (κ2) is 11.6. The summed E-state index contributed by atoms with van der Waals surface area (Å²) in [7, 11) is 0. The van der Waals surface area contributed by atoms with Gasteiger partial charge in [0.15, 0.2) is 5.82 Å². The minimum absolute atomic E-state index is 0.459. The molecule has 0 fully saturated rings. The Morgan fingerprint density at radius 2 is 1.48 bits per heavy atom. The molecular weight excluding hydrogens is 524 g/mol. The van der Waals surface area contributed by atoms with Crippen molar-refractivity contribution in [3.8, 4) is 0 Å². The van der Waals surface area contributed by atoms with Gasteiger partial charge in [-0.25, -0.2) is 4.79 Å². The number of aromatic nitrogens is 5. The first-order chi connectivity index (χ1) is 20.3. The van der Waals surface area contributed by atoms with Gasteiger partial charge in [-0.2, -0.15) is 0 Å². The van der Waals surface area contributed by atoms with Crippen LogP contribution in [-0.4, -0.2) is 36.4 Å². The molecule has 3 N–H and O–H groups in total. The third kappa shape index (κ3) is 6.07. The zero-order chi connectivity index (χ0) is 29.1. The minimum Gasteiger partial charge on any atom is -0.444 e. The van der Waals surface area contributed by atoms with E-state index in [9.17, 15) is 4.79 Å². The fraction of sp³-hybridized carbons (Fsp3) is 0.265. The van der Waals surface area contributed by atoms with Crippen molar-refractivity contribution >= 4 is 27.9 Å². The normalized spacial score (nSPS) is 12.5. The van der Waals surface area contributed by atoms with Crippen LogP contribution in [0.15, 0.2) is 91.3 Å². The van der Waals surface area contributed by atoms with Gasteiger partial charge in [-0.05, 0) is 56.0 Å². The van der Waals surface area contributed by atoms with Gasteiger partial charge >= 0.3 is 6.09 Å². The molecule has 3 aromatic carbocycles. The highest BCUT2D eigenvalue weighted by molar-refractivity contribution is 5.84. The number of carbonyl (C=O) groups is 1. The summed E-state index contributed by atoms with van der Waals surface area (Å²) >= 11 is 0. The van der Waals surface area contributed by atoms with E-state index in [1.54, 1.807) is 0 Å². The number of H-pyrrole nitrogens is 2. The minimum atomic E-state index is -0.628. The summed E-state index contributed by atoms with van der Waals surface area (Å²) in [4.78, 5) is 19.9. The Balaban J connectivity index is 1.38. The van der Waals surface area contributed by atoms with E-state index < -0.39 is 17.7 Å². The standard InChI is InChI=1S/C34H36N6O2/c1-34(2,3)42-33(41)37-30(20-25-22-36-29-16-10-8-14-27(25)29)32-39-38-31(19-23-11-5-4-6-12-23)40(32)18-17-24-21-35-28-15-9-7-13-26(24)28/h4-16,21-22,30,35-36H,17-20H2,1-3H3,(H,37,41)/t30-/m1/s1. The summed E-state index contributed by atoms with van der Waals surface area (Å²) in [6.45, 7) is 6.25. The number of ether oxygens (including phenoxy) is 1. The Hall–Kier alpha value is -4.85. The highest BCUT2D eigenvalue weighted by Crippen LogP contribution is 2.26. The maximum absolute atomic E-state index is 13.1. The van der Waals surface area contributed by atoms with Crippen molar-refractivity contribution in [2.45, 2.75) is 58.2 Å². The van der Waals surface area contributed by atoms with Crippen molar-refractivity contribution in [3.63, 3.8) is 0 Å². The molecule has 0 saturated heterocycles. The molecule has 0 unspecified atom stereocenters. The molecule has 42 heavy (non-hydrogen) atoms. The summed E-state index contributed by atoms with van der Waals surface area (Å²) in [6.07, 6.45) is 5.54. The molecule has 8 nitrogen and oxygen atoms in total. The van der Waals surface area contributed by atoms with Gasteiger partial charge in [0.25, 0.3) is 0 Å². The van der Waals surface area contributed by atoms with Crippen LogP contribution in [0.1, 0.15) is 55.2 Å². The third-order valence-corrected chi connectivity index (χ3v) is 7.44. The fourth-order valence-corrected chi connectivity index (χ4v) is 5.51. The Morgan fingerprint density at radius 1 is 0.857 bits per heavy atom. The van der Waals surface area contributed by atoms with Crippen molar-refractivity contribution < 1.29 is 9.53 Å². The lowest BCUT2D eigenvalue weighted by Crippen LogP contribution is -2.37. The monoisotopic (exact) mass is 560 g/mol. The van der Waals surface area contributed by atoms with Crippen LogP contribution in [0.2, 0.25) is 0 Å². The average Bonchev–Trinajstić information content (AvgIpc) is 3.68. The summed E-state index contributed by atoms with van der Waals surface area (Å²) in [5, 5.41) is 14.8. The van der Waals surface area contributed by atoms with Gasteiger partial charge < -0.3 is 24.6 Å². The van der Waals surface area contributed by atoms with Gasteiger partial charge in [0.2, 0.25) is 0 Å². The fourth-order valence-electron chi connectivity index (χ4n) is 5.51. The van der Waals surface area contributed by atoms with Crippen LogP contribution in [0.4, 0.5) is 4.79 Å². The van der Waals surface area contributed by atoms with Crippen molar-refractivity contribution in [2.24, 2.45) is 0 Å². The number of aromatic amines is 2. The topological polar surface area (TPSA) is 101 Å². The van der Waals surface area contributed by atoms with Crippen molar-refractivity contribution in [2.75, 3.05) is 0 Å². The summed E-state index contributed by atoms with van der Waals surface area (Å²) in [5.41, 5.74) is 5.00. The van der Waals surface area contributed by atoms with Gasteiger partial charge in [-0.3, -0.25) is 0 Å². The number of fused-ring (bicyclic) bond motifs is 2. The summed E-state index contributed by atoms with van der Waals surface area (Å²) < 4.78 is 7.86. The average molecular weight is 561 g/mol. The molecule has 1 amide bonds. The van der Waals surface area contributed by atoms with Crippen LogP contribution >= 0.6 is 0 Å². The van der Waals surface area contributed by atoms with Crippen molar-refractivity contribution in [3.05, 3.63) is 120 Å². The Labute approximate surface area is 245 Å². The zero-order valence-corrected chi connectivity index (χ0v) is 24.2. The lowest BCUT2D eigenvalue weighted by molar-refractivity contribution is 0.0500. The number of nitrogens with zero attached hydrogens (tertiary/aromatic N) is 3. The zero-order valence-electron chi connectivity index (χ0n) is 24.2. The SMILES string of the molecule is CC(C)(C)OC(=O)N[C@H](Cc1c[nH]c2ccccc12)c1nnc(Cc2ccccc2)n1CCc1c[nH]c2ccccc12. The first-order valence-electron chi connectivity index (χ1n) is 14.4. The molecule has 0 bridgehead atoms. The number of hydrogen-bond donors (Lipinski definition) is 3. The lowest BCUT2D eigenvalue weighted by Gasteiger charge is -2.24. The molecule has 0 aliphatic heterocycles. The van der Waals surface area contributed by atoms with E-state index in [0.717, 1.165) is 39.8 Å². The molecule has 6 aromatic rings. The second-order valence-corrected chi connectivity index (χ2v) is 11.7. The molecule has 214 valence electrons. The first kappa shape index (κ1) is 27.3. The van der Waals surface area contributed by atoms with Gasteiger partial charge in [0.05, 0.1) is 6.04 Å². The highest BCUT2D eigenvalue weighted by atomic mass is 16.6. The van der Waals surface area contributed by atoms with Crippen molar-refractivity contribution in [1.29, 1.82) is 0 Å². The molecule has 6 rings (SSSR count). The Kier molecular flexibility index (Phi) is 7.52. The van der Waals surface area contributed by atoms with E-state index in [1.165, 1.54) is 10.9 Å². The van der Waals surface area contributed by atoms with E-state index in [1.807, 2.05) is 63.4 Å². The maximum atomic E-state index is 13.1. The molecule has 0 spiro atoms. The molecule has 0 aliphatic rings. The third-order valence-electron chi connectivity index (χ3n) is 7.44. The van der Waals surface area contributed by atoms with Crippen LogP contribution in [0.5, 0.6) is 0 Å². The number of nitrogens with one attached hydrogen (secondary N) is 3. The number of para-hydroxylation sites is 2. The summed E-state index contributed by atoms with van der Waals surface area (Å²) in [5.74, 6) is 1.56. The number of rotatable bonds is 9. The van der Waals surface area contributed by atoms with E-state index in [-0.39, 0.29) is 0 Å². The molecule has 8 heteroatoms. The molecule has 0 radical (unpaired) electrons. The van der Waals surface area contributed by atoms with Crippen LogP contribution in [0.3, 0.4) is 0 Å². The van der Waals surface area contributed by atoms with Gasteiger partial charge in [0.1, 0.15) is 11.4 Å². The second-order valence-electron chi connectivity index (χ2n) is 11.7. The Bertz CT molecular complexity index is 1810. The quantitative estimate of drug-likeness (QED) is 0.179. The number of hydrogen-bond acceptors (Lipinski definition) is 4. The molecule has 0 aliphatic carbocycles. The van der Waals surface area contributed by atoms with Crippen LogP contribution in [-0.2, 0) is 30.5 Å². The maximum Gasteiger partial charge on any atom is 0.408 e. The predicted molar refractivity (Wildman–Crippen MR) is 165 cm³/mol. The van der Waals surface area contributed by atoms with Crippen LogP contribution in [0.25, 0.3) is 21.8 Å². The number of alkyl carbamates (subject to hydrolysis) is 1. The van der Waals surface area contributed by atoms with Crippen LogP contribution in [0, 0.1) is 0 Å². The molecule has 1 atom stereocenters. The number of benzene rings is 3. The Morgan fingerprint density at radius 3 is 2.17 bits per heavy atom. The molecule has 0 saturated carbocycles. The highest BCUT2D eigenvalue weighted by Gasteiger charge is 2.27. The number of carbonyl (C=O) groups excluding carboxylic acids is 1. The van der Waals surface area contributed by atoms with Gasteiger partial charge in [-0.1, -0.05) is 66.7 Å². The lowest BCUT2D eigenvalue weighted by atomic mass is 10.0. The smallest absolute Gasteiger partial charge is 0.408 e. The number of amides is 1. The van der Waals surface area contributed by atoms with Gasteiger partial charge in [-0.15, -0.1) is 10.2 Å². The summed E-state index contributed by atoms with van der Waals surface area (Å²) in [6, 6.07) is 26.3. The van der Waals surface area contributed by atoms with E-state index in [2.05, 4.69) is 73.6 Å². The number of aryl methyl sites for hydroxylation is 1. The van der Waals surface area contributed by atoms with E-state index in [0.29, 0.717) is 25.2 Å². The van der Waals surface area contributed by atoms with E-state index >= 15 is 0 Å².